The van der Waals surface area contributed by atoms with E-state index in [1.165, 1.54) is 0 Å². The van der Waals surface area contributed by atoms with Crippen molar-refractivity contribution in [2.75, 3.05) is 0 Å². The van der Waals surface area contributed by atoms with Crippen molar-refractivity contribution in [2.24, 2.45) is 11.8 Å². The summed E-state index contributed by atoms with van der Waals surface area (Å²) < 4.78 is 0. The van der Waals surface area contributed by atoms with Crippen LogP contribution in [0.2, 0.25) is 0 Å². The molecule has 0 saturated heterocycles. The molecule has 0 radical (unpaired) electrons. The van der Waals surface area contributed by atoms with Crippen LogP contribution >= 0.6 is 0 Å². The zero-order valence-electron chi connectivity index (χ0n) is 12.7. The van der Waals surface area contributed by atoms with Crippen molar-refractivity contribution in [3.63, 3.8) is 0 Å². The molecule has 0 aromatic rings. The Bertz CT molecular complexity index is 355. The number of carboxylic acid groups (broad SMARTS) is 1. The van der Waals surface area contributed by atoms with Gasteiger partial charge in [0, 0.05) is 0 Å². The van der Waals surface area contributed by atoms with E-state index in [0.717, 1.165) is 36.8 Å². The molecule has 2 N–H and O–H groups in total. The summed E-state index contributed by atoms with van der Waals surface area (Å²) in [6.07, 6.45) is 4.82. The number of unbranched alkanes of at least 4 members (excludes halogenated alkanes) is 1. The second-order valence-corrected chi connectivity index (χ2v) is 6.28. The molecule has 1 fully saturated rings. The lowest BCUT2D eigenvalue weighted by molar-refractivity contribution is -0.152. The summed E-state index contributed by atoms with van der Waals surface area (Å²) >= 11 is 0. The van der Waals surface area contributed by atoms with E-state index in [0.29, 0.717) is 18.8 Å². The van der Waals surface area contributed by atoms with Gasteiger partial charge in [-0.3, -0.25) is 4.79 Å². The fourth-order valence-electron chi connectivity index (χ4n) is 3.37. The third kappa shape index (κ3) is 3.59. The second kappa shape index (κ2) is 6.56. The normalized spacial score (nSPS) is 29.1. The average molecular weight is 268 g/mol. The molecule has 110 valence electrons. The maximum absolute atomic E-state index is 11.6. The molecule has 1 aliphatic carbocycles. The van der Waals surface area contributed by atoms with E-state index < -0.39 is 17.5 Å². The molecule has 0 spiro atoms. The van der Waals surface area contributed by atoms with Gasteiger partial charge >= 0.3 is 5.97 Å². The van der Waals surface area contributed by atoms with E-state index in [-0.39, 0.29) is 0 Å². The maximum Gasteiger partial charge on any atom is 0.309 e. The summed E-state index contributed by atoms with van der Waals surface area (Å²) in [5.74, 6) is -1.14. The zero-order chi connectivity index (χ0) is 14.6. The highest BCUT2D eigenvalue weighted by atomic mass is 16.4. The van der Waals surface area contributed by atoms with Crippen molar-refractivity contribution in [3.8, 4) is 0 Å². The van der Waals surface area contributed by atoms with Crippen molar-refractivity contribution >= 4 is 5.97 Å². The van der Waals surface area contributed by atoms with E-state index in [9.17, 15) is 15.0 Å². The van der Waals surface area contributed by atoms with E-state index in [4.69, 9.17) is 0 Å². The molecule has 3 atom stereocenters. The van der Waals surface area contributed by atoms with Crippen LogP contribution in [0.4, 0.5) is 0 Å². The number of allylic oxidation sites excluding steroid dienone is 1. The molecule has 3 unspecified atom stereocenters. The predicted octanol–water partition coefficient (Wildman–Crippen LogP) is 3.76. The summed E-state index contributed by atoms with van der Waals surface area (Å²) in [5.41, 5.74) is 0.906. The van der Waals surface area contributed by atoms with Crippen LogP contribution in [-0.4, -0.2) is 21.8 Å². The summed E-state index contributed by atoms with van der Waals surface area (Å²) in [7, 11) is 0. The minimum Gasteiger partial charge on any atom is -0.481 e. The SMILES string of the molecule is CCCCC(C(=O)O)C1(O)CC(C)CCC1=C(C)C. The molecule has 19 heavy (non-hydrogen) atoms. The first-order chi connectivity index (χ1) is 8.82. The summed E-state index contributed by atoms with van der Waals surface area (Å²) in [6, 6.07) is 0. The van der Waals surface area contributed by atoms with Crippen molar-refractivity contribution in [1.82, 2.24) is 0 Å². The van der Waals surface area contributed by atoms with Crippen LogP contribution in [0.1, 0.15) is 66.2 Å². The third-order valence-corrected chi connectivity index (χ3v) is 4.39. The van der Waals surface area contributed by atoms with E-state index in [1.54, 1.807) is 0 Å². The molecule has 0 aliphatic heterocycles. The molecular formula is C16H28O3. The molecule has 0 bridgehead atoms. The lowest BCUT2D eigenvalue weighted by Gasteiger charge is -2.43. The highest BCUT2D eigenvalue weighted by Gasteiger charge is 2.47. The van der Waals surface area contributed by atoms with Crippen LogP contribution in [0.5, 0.6) is 0 Å². The Balaban J connectivity index is 3.11. The lowest BCUT2D eigenvalue weighted by atomic mass is 9.66. The number of carboxylic acids is 1. The number of aliphatic hydroxyl groups is 1. The van der Waals surface area contributed by atoms with Gasteiger partial charge in [-0.25, -0.2) is 0 Å². The van der Waals surface area contributed by atoms with Gasteiger partial charge in [0.15, 0.2) is 0 Å². The number of carbonyl (C=O) groups is 1. The highest BCUT2D eigenvalue weighted by Crippen LogP contribution is 2.44. The van der Waals surface area contributed by atoms with Gasteiger partial charge in [-0.15, -0.1) is 0 Å². The van der Waals surface area contributed by atoms with Gasteiger partial charge in [0.1, 0.15) is 0 Å². The standard InChI is InChI=1S/C16H28O3/c1-5-6-7-14(15(17)18)16(19)10-12(4)8-9-13(16)11(2)3/h12,14,19H,5-10H2,1-4H3,(H,17,18). The Kier molecular flexibility index (Phi) is 5.60. The Morgan fingerprint density at radius 1 is 1.47 bits per heavy atom. The molecule has 3 heteroatoms. The quantitative estimate of drug-likeness (QED) is 0.746. The molecule has 0 heterocycles. The first-order valence-electron chi connectivity index (χ1n) is 7.44. The van der Waals surface area contributed by atoms with Crippen LogP contribution in [0.25, 0.3) is 0 Å². The fourth-order valence-corrected chi connectivity index (χ4v) is 3.37. The maximum atomic E-state index is 11.6. The summed E-state index contributed by atoms with van der Waals surface area (Å²) in [4.78, 5) is 11.6. The molecule has 0 amide bonds. The molecule has 3 nitrogen and oxygen atoms in total. The van der Waals surface area contributed by atoms with Crippen molar-refractivity contribution in [1.29, 1.82) is 0 Å². The molecular weight excluding hydrogens is 240 g/mol. The van der Waals surface area contributed by atoms with Crippen LogP contribution < -0.4 is 0 Å². The van der Waals surface area contributed by atoms with Gasteiger partial charge in [-0.05, 0) is 51.0 Å². The van der Waals surface area contributed by atoms with Crippen LogP contribution in [0, 0.1) is 11.8 Å². The van der Waals surface area contributed by atoms with Gasteiger partial charge in [0.05, 0.1) is 11.5 Å². The Labute approximate surface area is 116 Å². The van der Waals surface area contributed by atoms with Crippen molar-refractivity contribution in [3.05, 3.63) is 11.1 Å². The van der Waals surface area contributed by atoms with E-state index in [2.05, 4.69) is 6.92 Å². The van der Waals surface area contributed by atoms with Crippen LogP contribution in [0.15, 0.2) is 11.1 Å². The Hall–Kier alpha value is -0.830. The van der Waals surface area contributed by atoms with Gasteiger partial charge in [-0.2, -0.15) is 0 Å². The molecule has 1 aliphatic rings. The van der Waals surface area contributed by atoms with E-state index in [1.807, 2.05) is 20.8 Å². The minimum atomic E-state index is -1.14. The van der Waals surface area contributed by atoms with Gasteiger partial charge in [0.2, 0.25) is 0 Å². The summed E-state index contributed by atoms with van der Waals surface area (Å²) in [6.45, 7) is 8.11. The first-order valence-corrected chi connectivity index (χ1v) is 7.44. The largest absolute Gasteiger partial charge is 0.481 e. The Morgan fingerprint density at radius 2 is 2.11 bits per heavy atom. The predicted molar refractivity (Wildman–Crippen MR) is 77.0 cm³/mol. The third-order valence-electron chi connectivity index (χ3n) is 4.39. The fraction of sp³-hybridized carbons (Fsp3) is 0.812. The topological polar surface area (TPSA) is 57.5 Å². The first kappa shape index (κ1) is 16.2. The zero-order valence-corrected chi connectivity index (χ0v) is 12.7. The number of hydrogen-bond acceptors (Lipinski definition) is 2. The van der Waals surface area contributed by atoms with Crippen LogP contribution in [-0.2, 0) is 4.79 Å². The number of aliphatic carboxylic acids is 1. The Morgan fingerprint density at radius 3 is 2.58 bits per heavy atom. The highest BCUT2D eigenvalue weighted by molar-refractivity contribution is 5.72. The molecule has 0 aromatic carbocycles. The number of hydrogen-bond donors (Lipinski definition) is 2. The van der Waals surface area contributed by atoms with Gasteiger partial charge < -0.3 is 10.2 Å². The van der Waals surface area contributed by atoms with Gasteiger partial charge in [0.25, 0.3) is 0 Å². The summed E-state index contributed by atoms with van der Waals surface area (Å²) in [5, 5.41) is 20.6. The molecule has 1 rings (SSSR count). The van der Waals surface area contributed by atoms with Crippen molar-refractivity contribution < 1.29 is 15.0 Å². The second-order valence-electron chi connectivity index (χ2n) is 6.28. The van der Waals surface area contributed by atoms with Crippen molar-refractivity contribution in [2.45, 2.75) is 71.8 Å². The van der Waals surface area contributed by atoms with Crippen LogP contribution in [0.3, 0.4) is 0 Å². The lowest BCUT2D eigenvalue weighted by Crippen LogP contribution is -2.48. The monoisotopic (exact) mass is 268 g/mol. The number of rotatable bonds is 5. The molecule has 1 saturated carbocycles. The van der Waals surface area contributed by atoms with Gasteiger partial charge in [-0.1, -0.05) is 32.3 Å². The minimum absolute atomic E-state index is 0.386. The smallest absolute Gasteiger partial charge is 0.309 e. The van der Waals surface area contributed by atoms with E-state index >= 15 is 0 Å². The molecule has 0 aromatic heterocycles. The average Bonchev–Trinajstić information content (AvgIpc) is 2.27.